The average molecular weight is 313 g/mol. The molecule has 0 fully saturated rings. The number of ether oxygens (including phenoxy) is 1. The van der Waals surface area contributed by atoms with Crippen molar-refractivity contribution in [3.05, 3.63) is 52.2 Å². The second-order valence-electron chi connectivity index (χ2n) is 5.21. The van der Waals surface area contributed by atoms with E-state index >= 15 is 0 Å². The maximum absolute atomic E-state index is 12.7. The van der Waals surface area contributed by atoms with Crippen LogP contribution in [0.1, 0.15) is 46.5 Å². The SMILES string of the molecule is CCCNC1=C(C)C(=O)c2c(/C=C/C(=O)OC)cccc2C1=O. The summed E-state index contributed by atoms with van der Waals surface area (Å²) in [5.74, 6) is -0.919. The van der Waals surface area contributed by atoms with Crippen LogP contribution in [0.4, 0.5) is 0 Å². The number of Topliss-reactive ketones (excluding diaryl/α,β-unsaturated/α-hetero) is 2. The molecule has 0 saturated heterocycles. The van der Waals surface area contributed by atoms with Gasteiger partial charge in [0.2, 0.25) is 5.78 Å². The number of carbonyl (C=O) groups is 3. The third kappa shape index (κ3) is 3.23. The van der Waals surface area contributed by atoms with Crippen LogP contribution in [0.25, 0.3) is 6.08 Å². The summed E-state index contributed by atoms with van der Waals surface area (Å²) in [5, 5.41) is 3.04. The molecule has 0 aliphatic heterocycles. The Morgan fingerprint density at radius 3 is 2.65 bits per heavy atom. The van der Waals surface area contributed by atoms with E-state index in [1.165, 1.54) is 19.3 Å². The number of ketones is 2. The summed E-state index contributed by atoms with van der Waals surface area (Å²) >= 11 is 0. The number of benzene rings is 1. The van der Waals surface area contributed by atoms with E-state index in [4.69, 9.17) is 0 Å². The van der Waals surface area contributed by atoms with E-state index in [0.717, 1.165) is 6.42 Å². The molecule has 0 heterocycles. The Kier molecular flexibility index (Phi) is 5.11. The highest BCUT2D eigenvalue weighted by atomic mass is 16.5. The predicted molar refractivity (Wildman–Crippen MR) is 87.1 cm³/mol. The van der Waals surface area contributed by atoms with Gasteiger partial charge in [-0.05, 0) is 25.0 Å². The van der Waals surface area contributed by atoms with Gasteiger partial charge in [0.25, 0.3) is 0 Å². The Hall–Kier alpha value is -2.69. The number of carbonyl (C=O) groups excluding carboxylic acids is 3. The molecule has 23 heavy (non-hydrogen) atoms. The number of fused-ring (bicyclic) bond motifs is 1. The zero-order valence-electron chi connectivity index (χ0n) is 13.4. The van der Waals surface area contributed by atoms with Crippen LogP contribution in [0.3, 0.4) is 0 Å². The fraction of sp³-hybridized carbons (Fsp3) is 0.278. The molecule has 0 atom stereocenters. The van der Waals surface area contributed by atoms with Crippen molar-refractivity contribution in [1.82, 2.24) is 5.32 Å². The molecule has 0 aromatic heterocycles. The number of esters is 1. The molecule has 1 N–H and O–H groups in total. The predicted octanol–water partition coefficient (Wildman–Crippen LogP) is 2.53. The minimum atomic E-state index is -0.519. The van der Waals surface area contributed by atoms with E-state index in [1.54, 1.807) is 25.1 Å². The van der Waals surface area contributed by atoms with E-state index < -0.39 is 5.97 Å². The quantitative estimate of drug-likeness (QED) is 0.668. The average Bonchev–Trinajstić information content (AvgIpc) is 2.57. The van der Waals surface area contributed by atoms with Crippen LogP contribution < -0.4 is 5.32 Å². The molecule has 0 spiro atoms. The Morgan fingerprint density at radius 1 is 1.26 bits per heavy atom. The maximum Gasteiger partial charge on any atom is 0.330 e. The van der Waals surface area contributed by atoms with Gasteiger partial charge in [-0.25, -0.2) is 4.79 Å². The Bertz CT molecular complexity index is 729. The van der Waals surface area contributed by atoms with Gasteiger partial charge in [0, 0.05) is 29.3 Å². The van der Waals surface area contributed by atoms with Gasteiger partial charge in [-0.15, -0.1) is 0 Å². The van der Waals surface area contributed by atoms with Gasteiger partial charge in [0.15, 0.2) is 5.78 Å². The van der Waals surface area contributed by atoms with Crippen molar-refractivity contribution in [1.29, 1.82) is 0 Å². The van der Waals surface area contributed by atoms with Crippen molar-refractivity contribution >= 4 is 23.6 Å². The van der Waals surface area contributed by atoms with Crippen molar-refractivity contribution in [3.63, 3.8) is 0 Å². The van der Waals surface area contributed by atoms with Crippen LogP contribution in [0, 0.1) is 0 Å². The van der Waals surface area contributed by atoms with Gasteiger partial charge in [-0.3, -0.25) is 9.59 Å². The Balaban J connectivity index is 2.49. The van der Waals surface area contributed by atoms with Crippen LogP contribution in [-0.4, -0.2) is 31.2 Å². The minimum Gasteiger partial charge on any atom is -0.466 e. The van der Waals surface area contributed by atoms with Gasteiger partial charge in [0.05, 0.1) is 12.8 Å². The summed E-state index contributed by atoms with van der Waals surface area (Å²) in [6.45, 7) is 4.26. The highest BCUT2D eigenvalue weighted by Gasteiger charge is 2.31. The smallest absolute Gasteiger partial charge is 0.330 e. The van der Waals surface area contributed by atoms with E-state index in [1.807, 2.05) is 6.92 Å². The highest BCUT2D eigenvalue weighted by Crippen LogP contribution is 2.28. The third-order valence-electron chi connectivity index (χ3n) is 3.66. The van der Waals surface area contributed by atoms with Crippen LogP contribution in [0.5, 0.6) is 0 Å². The van der Waals surface area contributed by atoms with Gasteiger partial charge in [0.1, 0.15) is 0 Å². The van der Waals surface area contributed by atoms with Crippen molar-refractivity contribution in [3.8, 4) is 0 Å². The lowest BCUT2D eigenvalue weighted by atomic mass is 9.84. The van der Waals surface area contributed by atoms with Crippen LogP contribution >= 0.6 is 0 Å². The normalized spacial score (nSPS) is 14.2. The zero-order chi connectivity index (χ0) is 17.0. The fourth-order valence-electron chi connectivity index (χ4n) is 2.45. The number of allylic oxidation sites excluding steroid dienone is 2. The molecule has 1 aromatic carbocycles. The number of methoxy groups -OCH3 is 1. The van der Waals surface area contributed by atoms with E-state index in [-0.39, 0.29) is 11.6 Å². The van der Waals surface area contributed by atoms with Crippen molar-refractivity contribution in [2.45, 2.75) is 20.3 Å². The second-order valence-corrected chi connectivity index (χ2v) is 5.21. The molecule has 2 rings (SSSR count). The molecule has 0 amide bonds. The number of hydrogen-bond donors (Lipinski definition) is 1. The molecule has 0 bridgehead atoms. The molecule has 120 valence electrons. The first-order chi connectivity index (χ1) is 11.0. The maximum atomic E-state index is 12.7. The molecule has 5 nitrogen and oxygen atoms in total. The summed E-state index contributed by atoms with van der Waals surface area (Å²) < 4.78 is 4.55. The van der Waals surface area contributed by atoms with Crippen LogP contribution in [0.15, 0.2) is 35.5 Å². The molecular formula is C18H19NO4. The number of rotatable bonds is 5. The third-order valence-corrected chi connectivity index (χ3v) is 3.66. The Labute approximate surface area is 135 Å². The summed E-state index contributed by atoms with van der Waals surface area (Å²) in [7, 11) is 1.28. The van der Waals surface area contributed by atoms with Gasteiger partial charge >= 0.3 is 5.97 Å². The monoisotopic (exact) mass is 313 g/mol. The topological polar surface area (TPSA) is 72.5 Å². The summed E-state index contributed by atoms with van der Waals surface area (Å²) in [5.41, 5.74) is 1.97. The summed E-state index contributed by atoms with van der Waals surface area (Å²) in [4.78, 5) is 36.6. The van der Waals surface area contributed by atoms with Gasteiger partial charge in [-0.2, -0.15) is 0 Å². The molecule has 0 radical (unpaired) electrons. The minimum absolute atomic E-state index is 0.195. The van der Waals surface area contributed by atoms with Crippen LogP contribution in [0.2, 0.25) is 0 Å². The lowest BCUT2D eigenvalue weighted by molar-refractivity contribution is -0.134. The first kappa shape index (κ1) is 16.7. The van der Waals surface area contributed by atoms with E-state index in [0.29, 0.717) is 34.5 Å². The molecule has 1 aromatic rings. The van der Waals surface area contributed by atoms with Crippen molar-refractivity contribution in [2.75, 3.05) is 13.7 Å². The highest BCUT2D eigenvalue weighted by molar-refractivity contribution is 6.27. The first-order valence-corrected chi connectivity index (χ1v) is 7.44. The Morgan fingerprint density at radius 2 is 2.00 bits per heavy atom. The first-order valence-electron chi connectivity index (χ1n) is 7.44. The van der Waals surface area contributed by atoms with Gasteiger partial charge < -0.3 is 10.1 Å². The standard InChI is InChI=1S/C18H19NO4/c1-4-10-19-16-11(2)17(21)15-12(8-9-14(20)23-3)6-5-7-13(15)18(16)22/h5-9,19H,4,10H2,1-3H3/b9-8+. The molecule has 1 aliphatic carbocycles. The lowest BCUT2D eigenvalue weighted by Crippen LogP contribution is -2.30. The fourth-order valence-corrected chi connectivity index (χ4v) is 2.45. The lowest BCUT2D eigenvalue weighted by Gasteiger charge is -2.21. The molecule has 1 aliphatic rings. The molecule has 5 heteroatoms. The van der Waals surface area contributed by atoms with E-state index in [9.17, 15) is 14.4 Å². The number of hydrogen-bond acceptors (Lipinski definition) is 5. The molecule has 0 saturated carbocycles. The largest absolute Gasteiger partial charge is 0.466 e. The van der Waals surface area contributed by atoms with Crippen molar-refractivity contribution in [2.24, 2.45) is 0 Å². The van der Waals surface area contributed by atoms with Gasteiger partial charge in [-0.1, -0.05) is 25.1 Å². The van der Waals surface area contributed by atoms with Crippen molar-refractivity contribution < 1.29 is 19.1 Å². The summed E-state index contributed by atoms with van der Waals surface area (Å²) in [6, 6.07) is 5.02. The second kappa shape index (κ2) is 7.05. The summed E-state index contributed by atoms with van der Waals surface area (Å²) in [6.07, 6.45) is 3.58. The molecular weight excluding hydrogens is 294 g/mol. The van der Waals surface area contributed by atoms with Crippen LogP contribution in [-0.2, 0) is 9.53 Å². The molecule has 0 unspecified atom stereocenters. The van der Waals surface area contributed by atoms with E-state index in [2.05, 4.69) is 10.1 Å². The zero-order valence-corrected chi connectivity index (χ0v) is 13.4. The number of nitrogens with one attached hydrogen (secondary N) is 1.